The maximum Gasteiger partial charge on any atom is 0.308 e. The molecular formula is C12H14N2O4. The highest BCUT2D eigenvalue weighted by atomic mass is 16.4. The van der Waals surface area contributed by atoms with Crippen molar-refractivity contribution in [2.75, 3.05) is 0 Å². The van der Waals surface area contributed by atoms with Crippen LogP contribution in [-0.2, 0) is 4.79 Å². The number of nitrogens with one attached hydrogen (secondary N) is 1. The van der Waals surface area contributed by atoms with E-state index in [0.717, 1.165) is 6.42 Å². The molecule has 1 amide bonds. The molecule has 0 bridgehead atoms. The van der Waals surface area contributed by atoms with E-state index in [4.69, 9.17) is 5.11 Å². The van der Waals surface area contributed by atoms with E-state index >= 15 is 0 Å². The van der Waals surface area contributed by atoms with E-state index in [0.29, 0.717) is 12.8 Å². The van der Waals surface area contributed by atoms with E-state index in [1.165, 1.54) is 18.5 Å². The number of aromatic nitrogens is 1. The van der Waals surface area contributed by atoms with Crippen LogP contribution in [0.2, 0.25) is 0 Å². The highest BCUT2D eigenvalue weighted by Crippen LogP contribution is 2.26. The van der Waals surface area contributed by atoms with E-state index in [-0.39, 0.29) is 17.4 Å². The Balaban J connectivity index is 2.05. The van der Waals surface area contributed by atoms with Gasteiger partial charge < -0.3 is 15.5 Å². The lowest BCUT2D eigenvalue weighted by atomic mass is 10.0. The van der Waals surface area contributed by atoms with Gasteiger partial charge in [0.2, 0.25) is 0 Å². The van der Waals surface area contributed by atoms with E-state index in [1.807, 2.05) is 0 Å². The smallest absolute Gasteiger partial charge is 0.308 e. The molecule has 1 aliphatic carbocycles. The van der Waals surface area contributed by atoms with Gasteiger partial charge in [0.1, 0.15) is 5.75 Å². The lowest BCUT2D eigenvalue weighted by Crippen LogP contribution is -2.40. The summed E-state index contributed by atoms with van der Waals surface area (Å²) in [5.74, 6) is -1.91. The Morgan fingerprint density at radius 1 is 1.33 bits per heavy atom. The molecule has 2 rings (SSSR count). The van der Waals surface area contributed by atoms with Crippen molar-refractivity contribution >= 4 is 11.9 Å². The molecular weight excluding hydrogens is 236 g/mol. The molecule has 1 heterocycles. The lowest BCUT2D eigenvalue weighted by Gasteiger charge is -2.17. The van der Waals surface area contributed by atoms with Crippen LogP contribution in [0.3, 0.4) is 0 Å². The first-order valence-corrected chi connectivity index (χ1v) is 5.75. The Kier molecular flexibility index (Phi) is 3.45. The van der Waals surface area contributed by atoms with Gasteiger partial charge in [0.25, 0.3) is 5.91 Å². The number of rotatable bonds is 3. The molecule has 18 heavy (non-hydrogen) atoms. The van der Waals surface area contributed by atoms with Gasteiger partial charge in [-0.1, -0.05) is 6.42 Å². The van der Waals surface area contributed by atoms with Crippen molar-refractivity contribution in [2.24, 2.45) is 5.92 Å². The molecule has 6 nitrogen and oxygen atoms in total. The molecule has 1 aliphatic rings. The van der Waals surface area contributed by atoms with Gasteiger partial charge in [0, 0.05) is 12.2 Å². The molecule has 2 atom stereocenters. The summed E-state index contributed by atoms with van der Waals surface area (Å²) >= 11 is 0. The number of carboxylic acids is 1. The summed E-state index contributed by atoms with van der Waals surface area (Å²) in [5.41, 5.74) is 0.228. The fourth-order valence-electron chi connectivity index (χ4n) is 2.23. The molecule has 96 valence electrons. The molecule has 0 radical (unpaired) electrons. The molecule has 0 aromatic carbocycles. The molecule has 0 saturated heterocycles. The fourth-order valence-corrected chi connectivity index (χ4v) is 2.23. The summed E-state index contributed by atoms with van der Waals surface area (Å²) in [6, 6.07) is 0.949. The van der Waals surface area contributed by atoms with Crippen molar-refractivity contribution in [2.45, 2.75) is 25.3 Å². The summed E-state index contributed by atoms with van der Waals surface area (Å²) in [5, 5.41) is 20.9. The predicted molar refractivity (Wildman–Crippen MR) is 62.1 cm³/mol. The molecule has 1 aromatic heterocycles. The van der Waals surface area contributed by atoms with Crippen molar-refractivity contribution in [3.8, 4) is 5.75 Å². The third-order valence-electron chi connectivity index (χ3n) is 3.14. The number of pyridine rings is 1. The Labute approximate surface area is 104 Å². The highest BCUT2D eigenvalue weighted by Gasteiger charge is 2.34. The van der Waals surface area contributed by atoms with Crippen molar-refractivity contribution < 1.29 is 19.8 Å². The molecule has 3 N–H and O–H groups in total. The first kappa shape index (κ1) is 12.3. The van der Waals surface area contributed by atoms with Crippen LogP contribution in [0.25, 0.3) is 0 Å². The predicted octanol–water partition coefficient (Wildman–Crippen LogP) is 0.770. The Bertz CT molecular complexity index is 475. The number of aromatic hydroxyl groups is 1. The van der Waals surface area contributed by atoms with Crippen LogP contribution in [-0.4, -0.2) is 33.1 Å². The highest BCUT2D eigenvalue weighted by molar-refractivity contribution is 5.94. The van der Waals surface area contributed by atoms with E-state index in [2.05, 4.69) is 10.3 Å². The van der Waals surface area contributed by atoms with Crippen LogP contribution in [0.15, 0.2) is 18.5 Å². The molecule has 1 saturated carbocycles. The summed E-state index contributed by atoms with van der Waals surface area (Å²) in [7, 11) is 0. The number of aliphatic carboxylic acids is 1. The Morgan fingerprint density at radius 2 is 2.11 bits per heavy atom. The number of hydrogen-bond donors (Lipinski definition) is 3. The Hall–Kier alpha value is -2.11. The number of carbonyl (C=O) groups excluding carboxylic acids is 1. The van der Waals surface area contributed by atoms with Crippen LogP contribution in [0.5, 0.6) is 5.75 Å². The normalized spacial score (nSPS) is 22.7. The summed E-state index contributed by atoms with van der Waals surface area (Å²) < 4.78 is 0. The van der Waals surface area contributed by atoms with Crippen LogP contribution >= 0.6 is 0 Å². The number of carbonyl (C=O) groups is 2. The zero-order chi connectivity index (χ0) is 13.1. The molecule has 6 heteroatoms. The molecule has 0 spiro atoms. The van der Waals surface area contributed by atoms with Crippen molar-refractivity contribution in [1.29, 1.82) is 0 Å². The van der Waals surface area contributed by atoms with Crippen molar-refractivity contribution in [3.63, 3.8) is 0 Å². The number of carboxylic acid groups (broad SMARTS) is 1. The fraction of sp³-hybridized carbons (Fsp3) is 0.417. The van der Waals surface area contributed by atoms with Gasteiger partial charge in [0.15, 0.2) is 0 Å². The van der Waals surface area contributed by atoms with Gasteiger partial charge in [-0.05, 0) is 18.9 Å². The summed E-state index contributed by atoms with van der Waals surface area (Å²) in [6.07, 6.45) is 4.60. The van der Waals surface area contributed by atoms with Gasteiger partial charge in [-0.15, -0.1) is 0 Å². The Morgan fingerprint density at radius 3 is 2.78 bits per heavy atom. The van der Waals surface area contributed by atoms with Crippen LogP contribution in [0.1, 0.15) is 29.6 Å². The molecule has 1 fully saturated rings. The minimum Gasteiger partial charge on any atom is -0.506 e. The van der Waals surface area contributed by atoms with Gasteiger partial charge in [0.05, 0.1) is 17.7 Å². The molecule has 1 aromatic rings. The van der Waals surface area contributed by atoms with E-state index in [9.17, 15) is 14.7 Å². The molecule has 0 aliphatic heterocycles. The summed E-state index contributed by atoms with van der Waals surface area (Å²) in [4.78, 5) is 26.6. The quantitative estimate of drug-likeness (QED) is 0.735. The number of hydrogen-bond acceptors (Lipinski definition) is 4. The van der Waals surface area contributed by atoms with E-state index in [1.54, 1.807) is 0 Å². The van der Waals surface area contributed by atoms with E-state index < -0.39 is 17.8 Å². The standard InChI is InChI=1S/C12H14N2O4/c15-8-4-7(5-13-6-8)11(16)14-10-3-1-2-9(10)12(17)18/h4-6,9-10,15H,1-3H2,(H,14,16)(H,17,18). The first-order valence-electron chi connectivity index (χ1n) is 5.75. The van der Waals surface area contributed by atoms with Gasteiger partial charge in [-0.3, -0.25) is 14.6 Å². The zero-order valence-corrected chi connectivity index (χ0v) is 9.67. The number of nitrogens with zero attached hydrogens (tertiary/aromatic N) is 1. The molecule has 2 unspecified atom stereocenters. The average molecular weight is 250 g/mol. The number of amides is 1. The van der Waals surface area contributed by atoms with Gasteiger partial charge in [-0.25, -0.2) is 0 Å². The second-order valence-electron chi connectivity index (χ2n) is 4.39. The van der Waals surface area contributed by atoms with Crippen LogP contribution < -0.4 is 5.32 Å². The SMILES string of the molecule is O=C(NC1CCCC1C(=O)O)c1cncc(O)c1. The maximum absolute atomic E-state index is 11.9. The topological polar surface area (TPSA) is 99.5 Å². The first-order chi connectivity index (χ1) is 8.58. The second kappa shape index (κ2) is 5.03. The third kappa shape index (κ3) is 2.58. The summed E-state index contributed by atoms with van der Waals surface area (Å²) in [6.45, 7) is 0. The van der Waals surface area contributed by atoms with Gasteiger partial charge >= 0.3 is 5.97 Å². The third-order valence-corrected chi connectivity index (χ3v) is 3.14. The maximum atomic E-state index is 11.9. The van der Waals surface area contributed by atoms with Crippen LogP contribution in [0.4, 0.5) is 0 Å². The zero-order valence-electron chi connectivity index (χ0n) is 9.67. The lowest BCUT2D eigenvalue weighted by molar-refractivity contribution is -0.142. The minimum atomic E-state index is -0.883. The van der Waals surface area contributed by atoms with Gasteiger partial charge in [-0.2, -0.15) is 0 Å². The largest absolute Gasteiger partial charge is 0.506 e. The monoisotopic (exact) mass is 250 g/mol. The average Bonchev–Trinajstić information content (AvgIpc) is 2.77. The second-order valence-corrected chi connectivity index (χ2v) is 4.39. The van der Waals surface area contributed by atoms with Crippen molar-refractivity contribution in [1.82, 2.24) is 10.3 Å². The van der Waals surface area contributed by atoms with Crippen molar-refractivity contribution in [3.05, 3.63) is 24.0 Å². The minimum absolute atomic E-state index is 0.0937. The van der Waals surface area contributed by atoms with Crippen LogP contribution in [0, 0.1) is 5.92 Å².